The summed E-state index contributed by atoms with van der Waals surface area (Å²) < 4.78 is 10.9. The second-order valence-electron chi connectivity index (χ2n) is 6.61. The van der Waals surface area contributed by atoms with Crippen molar-refractivity contribution in [3.05, 3.63) is 24.7 Å². The van der Waals surface area contributed by atoms with Crippen molar-refractivity contribution in [1.82, 2.24) is 30.9 Å². The van der Waals surface area contributed by atoms with Crippen LogP contribution in [0.1, 0.15) is 13.3 Å². The van der Waals surface area contributed by atoms with Crippen LogP contribution in [0.15, 0.2) is 29.1 Å². The van der Waals surface area contributed by atoms with Crippen molar-refractivity contribution < 1.29 is 23.8 Å². The number of carboxylic acid groups (broad SMARTS) is 1. The maximum Gasteiger partial charge on any atom is 0.405 e. The van der Waals surface area contributed by atoms with Crippen LogP contribution in [-0.2, 0) is 4.79 Å². The number of rotatable bonds is 10. The van der Waals surface area contributed by atoms with Gasteiger partial charge in [-0.25, -0.2) is 9.78 Å². The third-order valence-corrected chi connectivity index (χ3v) is 4.39. The molecule has 2 atom stereocenters. The maximum absolute atomic E-state index is 11.1. The number of carbonyl (C=O) groups is 2. The van der Waals surface area contributed by atoms with Gasteiger partial charge in [0, 0.05) is 23.9 Å². The van der Waals surface area contributed by atoms with E-state index < -0.39 is 12.1 Å². The molecule has 1 amide bonds. The monoisotopic (exact) mass is 415 g/mol. The van der Waals surface area contributed by atoms with Crippen molar-refractivity contribution in [1.29, 1.82) is 0 Å². The van der Waals surface area contributed by atoms with Gasteiger partial charge in [0.15, 0.2) is 12.2 Å². The number of aldehydes is 1. The minimum Gasteiger partial charge on any atom is -0.496 e. The predicted molar refractivity (Wildman–Crippen MR) is 105 cm³/mol. The molecule has 2 unspecified atom stereocenters. The summed E-state index contributed by atoms with van der Waals surface area (Å²) in [4.78, 5) is 25.8. The molecule has 0 aliphatic carbocycles. The Morgan fingerprint density at radius 3 is 2.83 bits per heavy atom. The first-order valence-corrected chi connectivity index (χ1v) is 9.05. The van der Waals surface area contributed by atoms with E-state index in [0.29, 0.717) is 53.4 Å². The minimum absolute atomic E-state index is 0.0230. The number of oxazole rings is 1. The molecule has 0 saturated heterocycles. The van der Waals surface area contributed by atoms with E-state index in [-0.39, 0.29) is 5.92 Å². The number of hydrogen-bond donors (Lipinski definition) is 4. The Morgan fingerprint density at radius 1 is 1.40 bits per heavy atom. The summed E-state index contributed by atoms with van der Waals surface area (Å²) >= 11 is 0. The molecule has 12 heteroatoms. The lowest BCUT2D eigenvalue weighted by Gasteiger charge is -2.19. The van der Waals surface area contributed by atoms with Crippen molar-refractivity contribution in [2.75, 3.05) is 19.0 Å². The molecule has 0 spiro atoms. The molecule has 3 aromatic rings. The molecular weight excluding hydrogens is 394 g/mol. The molecule has 0 aliphatic heterocycles. The standard InChI is InChI=1S/C18H21N7O5/c1-10(3-11(8-26)21-18(27)28)6-20-14-5-15(29-2)13(16-7-19-9-30-16)4-12(14)17-22-24-25-23-17/h4-5,7-11,20-21H,3,6H2,1-2H3,(H,27,28)(H,22,23,24,25). The average Bonchev–Trinajstić information content (AvgIpc) is 3.45. The van der Waals surface area contributed by atoms with Crippen LogP contribution in [0.25, 0.3) is 22.7 Å². The number of carbonyl (C=O) groups excluding carboxylic acids is 1. The van der Waals surface area contributed by atoms with E-state index in [0.717, 1.165) is 0 Å². The highest BCUT2D eigenvalue weighted by Crippen LogP contribution is 2.38. The number of methoxy groups -OCH3 is 1. The number of hydrogen-bond acceptors (Lipinski definition) is 9. The van der Waals surface area contributed by atoms with E-state index in [1.165, 1.54) is 6.39 Å². The molecule has 30 heavy (non-hydrogen) atoms. The number of aromatic amines is 1. The number of tetrazole rings is 1. The molecule has 0 bridgehead atoms. The van der Waals surface area contributed by atoms with Crippen molar-refractivity contribution in [3.8, 4) is 28.5 Å². The summed E-state index contributed by atoms with van der Waals surface area (Å²) in [6.45, 7) is 2.36. The lowest BCUT2D eigenvalue weighted by atomic mass is 10.0. The van der Waals surface area contributed by atoms with E-state index >= 15 is 0 Å². The second-order valence-corrected chi connectivity index (χ2v) is 6.61. The fraction of sp³-hybridized carbons (Fsp3) is 0.333. The van der Waals surface area contributed by atoms with Crippen LogP contribution in [0.2, 0.25) is 0 Å². The van der Waals surface area contributed by atoms with E-state index in [1.807, 2.05) is 6.92 Å². The van der Waals surface area contributed by atoms with Crippen LogP contribution >= 0.6 is 0 Å². The molecule has 1 aromatic carbocycles. The fourth-order valence-corrected chi connectivity index (χ4v) is 3.01. The van der Waals surface area contributed by atoms with E-state index in [4.69, 9.17) is 14.3 Å². The van der Waals surface area contributed by atoms with Gasteiger partial charge in [-0.15, -0.1) is 10.2 Å². The number of H-pyrrole nitrogens is 1. The van der Waals surface area contributed by atoms with Gasteiger partial charge in [-0.2, -0.15) is 5.21 Å². The number of nitrogens with one attached hydrogen (secondary N) is 3. The summed E-state index contributed by atoms with van der Waals surface area (Å²) in [6, 6.07) is 2.81. The van der Waals surface area contributed by atoms with Crippen LogP contribution in [-0.4, -0.2) is 62.8 Å². The van der Waals surface area contributed by atoms with Crippen molar-refractivity contribution in [3.63, 3.8) is 0 Å². The molecule has 2 aromatic heterocycles. The topological polar surface area (TPSA) is 168 Å². The van der Waals surface area contributed by atoms with Gasteiger partial charge in [0.25, 0.3) is 0 Å². The van der Waals surface area contributed by atoms with Gasteiger partial charge < -0.3 is 29.7 Å². The highest BCUT2D eigenvalue weighted by molar-refractivity contribution is 5.82. The highest BCUT2D eigenvalue weighted by Gasteiger charge is 2.19. The van der Waals surface area contributed by atoms with Crippen LogP contribution in [0.4, 0.5) is 10.5 Å². The summed E-state index contributed by atoms with van der Waals surface area (Å²) in [5.41, 5.74) is 2.00. The number of ether oxygens (including phenoxy) is 1. The van der Waals surface area contributed by atoms with Gasteiger partial charge in [0.1, 0.15) is 12.0 Å². The van der Waals surface area contributed by atoms with Crippen LogP contribution in [0.5, 0.6) is 5.75 Å². The molecular formula is C18H21N7O5. The third kappa shape index (κ3) is 4.90. The SMILES string of the molecule is COc1cc(NCC(C)CC(C=O)NC(=O)O)c(-c2nn[nH]n2)cc1-c1cnco1. The molecule has 0 fully saturated rings. The zero-order valence-corrected chi connectivity index (χ0v) is 16.3. The smallest absolute Gasteiger partial charge is 0.405 e. The fourth-order valence-electron chi connectivity index (χ4n) is 3.01. The van der Waals surface area contributed by atoms with Gasteiger partial charge in [-0.1, -0.05) is 6.92 Å². The Kier molecular flexibility index (Phi) is 6.57. The molecule has 2 heterocycles. The van der Waals surface area contributed by atoms with Gasteiger partial charge >= 0.3 is 6.09 Å². The number of aromatic nitrogens is 5. The quantitative estimate of drug-likeness (QED) is 0.358. The molecule has 0 saturated carbocycles. The Bertz CT molecular complexity index is 975. The van der Waals surface area contributed by atoms with E-state index in [9.17, 15) is 9.59 Å². The predicted octanol–water partition coefficient (Wildman–Crippen LogP) is 1.80. The Labute approximate surface area is 171 Å². The molecule has 12 nitrogen and oxygen atoms in total. The number of nitrogens with zero attached hydrogens (tertiary/aromatic N) is 4. The summed E-state index contributed by atoms with van der Waals surface area (Å²) in [6.07, 6.45) is 2.59. The summed E-state index contributed by atoms with van der Waals surface area (Å²) in [5, 5.41) is 28.4. The van der Waals surface area contributed by atoms with E-state index in [2.05, 4.69) is 36.2 Å². The lowest BCUT2D eigenvalue weighted by Crippen LogP contribution is -2.37. The molecule has 158 valence electrons. The normalized spacial score (nSPS) is 12.7. The third-order valence-electron chi connectivity index (χ3n) is 4.39. The highest BCUT2D eigenvalue weighted by atomic mass is 16.5. The first kappa shape index (κ1) is 20.8. The molecule has 0 aliphatic rings. The zero-order valence-electron chi connectivity index (χ0n) is 16.3. The van der Waals surface area contributed by atoms with Crippen molar-refractivity contribution in [2.24, 2.45) is 5.92 Å². The maximum atomic E-state index is 11.1. The summed E-state index contributed by atoms with van der Waals surface area (Å²) in [5.74, 6) is 1.41. The zero-order chi connectivity index (χ0) is 21.5. The summed E-state index contributed by atoms with van der Waals surface area (Å²) in [7, 11) is 1.54. The molecule has 3 rings (SSSR count). The van der Waals surface area contributed by atoms with Gasteiger partial charge in [0.05, 0.1) is 24.9 Å². The van der Waals surface area contributed by atoms with Crippen molar-refractivity contribution >= 4 is 18.1 Å². The number of amides is 1. The van der Waals surface area contributed by atoms with Crippen LogP contribution in [0, 0.1) is 5.92 Å². The second kappa shape index (κ2) is 9.49. The minimum atomic E-state index is -1.24. The van der Waals surface area contributed by atoms with Gasteiger partial charge in [0.2, 0.25) is 5.82 Å². The Hall–Kier alpha value is -3.96. The number of benzene rings is 1. The van der Waals surface area contributed by atoms with Gasteiger partial charge in [-0.05, 0) is 23.6 Å². The van der Waals surface area contributed by atoms with Gasteiger partial charge in [-0.3, -0.25) is 0 Å². The first-order valence-electron chi connectivity index (χ1n) is 9.05. The first-order chi connectivity index (χ1) is 14.5. The Balaban J connectivity index is 1.84. The Morgan fingerprint density at radius 2 is 2.23 bits per heavy atom. The van der Waals surface area contributed by atoms with E-state index in [1.54, 1.807) is 25.4 Å². The number of anilines is 1. The lowest BCUT2D eigenvalue weighted by molar-refractivity contribution is -0.109. The average molecular weight is 415 g/mol. The van der Waals surface area contributed by atoms with Crippen LogP contribution in [0.3, 0.4) is 0 Å². The van der Waals surface area contributed by atoms with Crippen LogP contribution < -0.4 is 15.4 Å². The molecule has 4 N–H and O–H groups in total. The van der Waals surface area contributed by atoms with Crippen molar-refractivity contribution in [2.45, 2.75) is 19.4 Å². The molecule has 0 radical (unpaired) electrons. The largest absolute Gasteiger partial charge is 0.496 e.